The van der Waals surface area contributed by atoms with Gasteiger partial charge in [-0.25, -0.2) is 0 Å². The summed E-state index contributed by atoms with van der Waals surface area (Å²) in [6.45, 7) is 1.81. The number of aromatic nitrogens is 2. The number of nitrogens with zero attached hydrogens (tertiary/aromatic N) is 1. The van der Waals surface area contributed by atoms with Crippen LogP contribution in [-0.2, 0) is 0 Å². The first-order chi connectivity index (χ1) is 7.61. The minimum atomic E-state index is 0.212. The van der Waals surface area contributed by atoms with Crippen LogP contribution < -0.4 is 10.5 Å². The fourth-order valence-corrected chi connectivity index (χ4v) is 1.52. The Kier molecular flexibility index (Phi) is 2.44. The number of hydrogen-bond donors (Lipinski definition) is 3. The Balaban J connectivity index is 2.59. The van der Waals surface area contributed by atoms with Crippen molar-refractivity contribution in [1.29, 1.82) is 0 Å². The Labute approximate surface area is 92.9 Å². The molecule has 0 bridgehead atoms. The monoisotopic (exact) mass is 219 g/mol. The molecule has 0 aliphatic rings. The average Bonchev–Trinajstić information content (AvgIpc) is 2.68. The number of aryl methyl sites for hydroxylation is 1. The SMILES string of the molecule is COc1cc(C)c(O)cc1-c1cc(N)n[nH]1. The van der Waals surface area contributed by atoms with Crippen molar-refractivity contribution in [3.63, 3.8) is 0 Å². The van der Waals surface area contributed by atoms with Crippen molar-refractivity contribution < 1.29 is 9.84 Å². The molecular formula is C11H13N3O2. The zero-order valence-corrected chi connectivity index (χ0v) is 9.11. The summed E-state index contributed by atoms with van der Waals surface area (Å²) >= 11 is 0. The highest BCUT2D eigenvalue weighted by atomic mass is 16.5. The number of nitrogens with one attached hydrogen (secondary N) is 1. The average molecular weight is 219 g/mol. The molecule has 1 aromatic carbocycles. The summed E-state index contributed by atoms with van der Waals surface area (Å²) in [7, 11) is 1.58. The summed E-state index contributed by atoms with van der Waals surface area (Å²) < 4.78 is 5.25. The minimum absolute atomic E-state index is 0.212. The lowest BCUT2D eigenvalue weighted by atomic mass is 10.1. The summed E-state index contributed by atoms with van der Waals surface area (Å²) in [5.41, 5.74) is 7.73. The van der Waals surface area contributed by atoms with Gasteiger partial charge >= 0.3 is 0 Å². The maximum Gasteiger partial charge on any atom is 0.145 e. The lowest BCUT2D eigenvalue weighted by Gasteiger charge is -2.09. The Bertz CT molecular complexity index is 520. The number of hydrogen-bond acceptors (Lipinski definition) is 4. The van der Waals surface area contributed by atoms with Crippen LogP contribution >= 0.6 is 0 Å². The van der Waals surface area contributed by atoms with Gasteiger partial charge in [0.25, 0.3) is 0 Å². The van der Waals surface area contributed by atoms with Crippen LogP contribution in [0, 0.1) is 6.92 Å². The van der Waals surface area contributed by atoms with Crippen LogP contribution in [0.4, 0.5) is 5.82 Å². The summed E-state index contributed by atoms with van der Waals surface area (Å²) in [6.07, 6.45) is 0. The van der Waals surface area contributed by atoms with Gasteiger partial charge in [-0.1, -0.05) is 0 Å². The summed E-state index contributed by atoms with van der Waals surface area (Å²) in [5, 5.41) is 16.3. The molecule has 1 aromatic heterocycles. The molecule has 5 nitrogen and oxygen atoms in total. The van der Waals surface area contributed by atoms with E-state index in [2.05, 4.69) is 10.2 Å². The van der Waals surface area contributed by atoms with Gasteiger partial charge < -0.3 is 15.6 Å². The normalized spacial score (nSPS) is 10.4. The van der Waals surface area contributed by atoms with E-state index < -0.39 is 0 Å². The van der Waals surface area contributed by atoms with Gasteiger partial charge in [0, 0.05) is 11.6 Å². The molecule has 5 heteroatoms. The van der Waals surface area contributed by atoms with Gasteiger partial charge in [-0.15, -0.1) is 0 Å². The first kappa shape index (κ1) is 10.4. The first-order valence-electron chi connectivity index (χ1n) is 4.80. The van der Waals surface area contributed by atoms with Crippen LogP contribution in [0.5, 0.6) is 11.5 Å². The van der Waals surface area contributed by atoms with Gasteiger partial charge in [0.15, 0.2) is 0 Å². The topological polar surface area (TPSA) is 84.2 Å². The molecule has 0 saturated heterocycles. The molecule has 2 aromatic rings. The molecule has 0 fully saturated rings. The third kappa shape index (κ3) is 1.67. The Hall–Kier alpha value is -2.17. The van der Waals surface area contributed by atoms with Crippen molar-refractivity contribution in [1.82, 2.24) is 10.2 Å². The van der Waals surface area contributed by atoms with Crippen molar-refractivity contribution >= 4 is 5.82 Å². The highest BCUT2D eigenvalue weighted by molar-refractivity contribution is 5.71. The molecule has 4 N–H and O–H groups in total. The fraction of sp³-hybridized carbons (Fsp3) is 0.182. The number of phenolic OH excluding ortho intramolecular Hbond substituents is 1. The Morgan fingerprint density at radius 3 is 2.69 bits per heavy atom. The van der Waals surface area contributed by atoms with Crippen molar-refractivity contribution in [2.75, 3.05) is 12.8 Å². The molecule has 0 saturated carbocycles. The van der Waals surface area contributed by atoms with Crippen LogP contribution in [-0.4, -0.2) is 22.4 Å². The Morgan fingerprint density at radius 1 is 1.38 bits per heavy atom. The highest BCUT2D eigenvalue weighted by Crippen LogP contribution is 2.34. The standard InChI is InChI=1S/C11H13N3O2/c1-6-3-10(16-2)7(4-9(6)15)8-5-11(12)14-13-8/h3-5,15H,1-2H3,(H3,12,13,14). The van der Waals surface area contributed by atoms with E-state index in [0.717, 1.165) is 11.1 Å². The second kappa shape index (κ2) is 3.77. The molecule has 0 aliphatic carbocycles. The molecular weight excluding hydrogens is 206 g/mol. The number of methoxy groups -OCH3 is 1. The second-order valence-corrected chi connectivity index (χ2v) is 3.55. The van der Waals surface area contributed by atoms with Gasteiger partial charge in [-0.3, -0.25) is 5.10 Å². The van der Waals surface area contributed by atoms with Crippen molar-refractivity contribution in [2.45, 2.75) is 6.92 Å². The third-order valence-corrected chi connectivity index (χ3v) is 2.41. The van der Waals surface area contributed by atoms with E-state index in [1.54, 1.807) is 25.3 Å². The van der Waals surface area contributed by atoms with Gasteiger partial charge in [0.2, 0.25) is 0 Å². The number of aromatic hydroxyl groups is 1. The van der Waals surface area contributed by atoms with Crippen molar-refractivity contribution in [3.05, 3.63) is 23.8 Å². The molecule has 2 rings (SSSR count). The molecule has 0 atom stereocenters. The molecule has 0 spiro atoms. The number of H-pyrrole nitrogens is 1. The number of nitrogen functional groups attached to an aromatic ring is 1. The van der Waals surface area contributed by atoms with Gasteiger partial charge in [-0.05, 0) is 24.6 Å². The van der Waals surface area contributed by atoms with Gasteiger partial charge in [0.1, 0.15) is 17.3 Å². The molecule has 1 heterocycles. The predicted molar refractivity (Wildman–Crippen MR) is 61.4 cm³/mol. The molecule has 0 unspecified atom stereocenters. The van der Waals surface area contributed by atoms with Crippen LogP contribution in [0.25, 0.3) is 11.3 Å². The van der Waals surface area contributed by atoms with E-state index in [1.807, 2.05) is 6.92 Å². The zero-order valence-electron chi connectivity index (χ0n) is 9.11. The van der Waals surface area contributed by atoms with Gasteiger partial charge in [-0.2, -0.15) is 5.10 Å². The second-order valence-electron chi connectivity index (χ2n) is 3.55. The number of anilines is 1. The first-order valence-corrected chi connectivity index (χ1v) is 4.80. The largest absolute Gasteiger partial charge is 0.508 e. The number of rotatable bonds is 2. The zero-order chi connectivity index (χ0) is 11.7. The van der Waals surface area contributed by atoms with E-state index in [4.69, 9.17) is 10.5 Å². The van der Waals surface area contributed by atoms with Gasteiger partial charge in [0.05, 0.1) is 12.8 Å². The van der Waals surface area contributed by atoms with Crippen LogP contribution in [0.3, 0.4) is 0 Å². The number of phenols is 1. The third-order valence-electron chi connectivity index (χ3n) is 2.41. The lowest BCUT2D eigenvalue weighted by molar-refractivity contribution is 0.413. The maximum atomic E-state index is 9.67. The van der Waals surface area contributed by atoms with E-state index in [-0.39, 0.29) is 5.75 Å². The number of aromatic amines is 1. The summed E-state index contributed by atoms with van der Waals surface area (Å²) in [5.74, 6) is 1.28. The summed E-state index contributed by atoms with van der Waals surface area (Å²) in [6, 6.07) is 5.08. The van der Waals surface area contributed by atoms with Crippen LogP contribution in [0.1, 0.15) is 5.56 Å². The quantitative estimate of drug-likeness (QED) is 0.717. The van der Waals surface area contributed by atoms with E-state index in [9.17, 15) is 5.11 Å². The molecule has 16 heavy (non-hydrogen) atoms. The lowest BCUT2D eigenvalue weighted by Crippen LogP contribution is -1.90. The van der Waals surface area contributed by atoms with E-state index in [0.29, 0.717) is 17.3 Å². The van der Waals surface area contributed by atoms with Crippen molar-refractivity contribution in [3.8, 4) is 22.8 Å². The summed E-state index contributed by atoms with van der Waals surface area (Å²) in [4.78, 5) is 0. The maximum absolute atomic E-state index is 9.67. The van der Waals surface area contributed by atoms with E-state index in [1.165, 1.54) is 0 Å². The fourth-order valence-electron chi connectivity index (χ4n) is 1.52. The van der Waals surface area contributed by atoms with Crippen molar-refractivity contribution in [2.24, 2.45) is 0 Å². The molecule has 0 radical (unpaired) electrons. The molecule has 84 valence electrons. The Morgan fingerprint density at radius 2 is 2.12 bits per heavy atom. The molecule has 0 amide bonds. The number of ether oxygens (including phenoxy) is 1. The molecule has 0 aliphatic heterocycles. The predicted octanol–water partition coefficient (Wildman–Crippen LogP) is 1.68. The van der Waals surface area contributed by atoms with E-state index >= 15 is 0 Å². The highest BCUT2D eigenvalue weighted by Gasteiger charge is 2.11. The smallest absolute Gasteiger partial charge is 0.145 e. The van der Waals surface area contributed by atoms with Crippen LogP contribution in [0.2, 0.25) is 0 Å². The van der Waals surface area contributed by atoms with Crippen LogP contribution in [0.15, 0.2) is 18.2 Å². The number of nitrogens with two attached hydrogens (primary N) is 1. The minimum Gasteiger partial charge on any atom is -0.508 e. The number of benzene rings is 1.